The fourth-order valence-corrected chi connectivity index (χ4v) is 2.93. The Hall–Kier alpha value is -1.38. The van der Waals surface area contributed by atoms with Gasteiger partial charge in [-0.25, -0.2) is 27.5 Å². The summed E-state index contributed by atoms with van der Waals surface area (Å²) in [5, 5.41) is 0. The van der Waals surface area contributed by atoms with Gasteiger partial charge in [-0.2, -0.15) is 0 Å². The van der Waals surface area contributed by atoms with E-state index < -0.39 is 20.7 Å². The van der Waals surface area contributed by atoms with Crippen molar-refractivity contribution in [1.29, 1.82) is 0 Å². The van der Waals surface area contributed by atoms with Crippen LogP contribution in [0.1, 0.15) is 11.5 Å². The van der Waals surface area contributed by atoms with Crippen molar-refractivity contribution in [3.63, 3.8) is 0 Å². The number of aryl methyl sites for hydroxylation is 1. The van der Waals surface area contributed by atoms with Gasteiger partial charge >= 0.3 is 0 Å². The average molecular weight is 360 g/mol. The van der Waals surface area contributed by atoms with E-state index in [0.29, 0.717) is 16.0 Å². The lowest BCUT2D eigenvalue weighted by Gasteiger charge is -2.08. The largest absolute Gasteiger partial charge is 0.243 e. The zero-order chi connectivity index (χ0) is 14.8. The summed E-state index contributed by atoms with van der Waals surface area (Å²) in [6.07, 6.45) is 1.53. The standard InChI is InChI=1S/C12H11BrFN3O2S/c1-8-15-5-4-10(17-8)7-16-20(18,19)12-3-2-9(13)6-11(12)14/h2-6,16H,7H2,1H3. The van der Waals surface area contributed by atoms with E-state index in [1.807, 2.05) is 0 Å². The molecule has 0 aliphatic heterocycles. The Morgan fingerprint density at radius 1 is 1.35 bits per heavy atom. The molecular weight excluding hydrogens is 349 g/mol. The molecule has 1 aromatic carbocycles. The molecule has 0 aliphatic carbocycles. The fourth-order valence-electron chi connectivity index (χ4n) is 1.54. The van der Waals surface area contributed by atoms with Gasteiger partial charge in [-0.05, 0) is 31.2 Å². The third kappa shape index (κ3) is 3.59. The molecule has 0 radical (unpaired) electrons. The zero-order valence-corrected chi connectivity index (χ0v) is 12.9. The van der Waals surface area contributed by atoms with Gasteiger partial charge in [-0.15, -0.1) is 0 Å². The van der Waals surface area contributed by atoms with E-state index in [9.17, 15) is 12.8 Å². The number of halogens is 2. The summed E-state index contributed by atoms with van der Waals surface area (Å²) >= 11 is 3.07. The van der Waals surface area contributed by atoms with E-state index in [2.05, 4.69) is 30.6 Å². The van der Waals surface area contributed by atoms with Crippen LogP contribution >= 0.6 is 15.9 Å². The third-order valence-corrected chi connectivity index (χ3v) is 4.39. The molecule has 0 unspecified atom stereocenters. The summed E-state index contributed by atoms with van der Waals surface area (Å²) in [4.78, 5) is 7.58. The minimum atomic E-state index is -3.92. The molecule has 2 aromatic rings. The van der Waals surface area contributed by atoms with Crippen LogP contribution in [-0.4, -0.2) is 18.4 Å². The van der Waals surface area contributed by atoms with Gasteiger partial charge in [0.1, 0.15) is 16.5 Å². The molecule has 0 bridgehead atoms. The first kappa shape index (κ1) is 15.0. The van der Waals surface area contributed by atoms with E-state index in [4.69, 9.17) is 0 Å². The lowest BCUT2D eigenvalue weighted by molar-refractivity contribution is 0.555. The quantitative estimate of drug-likeness (QED) is 0.907. The predicted octanol–water partition coefficient (Wildman–Crippen LogP) is 2.17. The molecule has 0 aliphatic rings. The number of sulfonamides is 1. The Bertz CT molecular complexity index is 737. The molecule has 0 atom stereocenters. The van der Waals surface area contributed by atoms with Crippen LogP contribution in [0.5, 0.6) is 0 Å². The molecule has 0 saturated carbocycles. The van der Waals surface area contributed by atoms with E-state index in [1.54, 1.807) is 13.0 Å². The summed E-state index contributed by atoms with van der Waals surface area (Å²) in [6, 6.07) is 5.36. The maximum absolute atomic E-state index is 13.7. The minimum Gasteiger partial charge on any atom is -0.242 e. The molecule has 0 spiro atoms. The normalized spacial score (nSPS) is 11.6. The van der Waals surface area contributed by atoms with E-state index in [-0.39, 0.29) is 6.54 Å². The van der Waals surface area contributed by atoms with Gasteiger partial charge in [-0.3, -0.25) is 0 Å². The van der Waals surface area contributed by atoms with Gasteiger partial charge in [-0.1, -0.05) is 15.9 Å². The highest BCUT2D eigenvalue weighted by Gasteiger charge is 2.19. The van der Waals surface area contributed by atoms with Crippen LogP contribution in [0.25, 0.3) is 0 Å². The van der Waals surface area contributed by atoms with E-state index >= 15 is 0 Å². The van der Waals surface area contributed by atoms with Crippen molar-refractivity contribution >= 4 is 26.0 Å². The molecule has 1 N–H and O–H groups in total. The fraction of sp³-hybridized carbons (Fsp3) is 0.167. The van der Waals surface area contributed by atoms with Crippen LogP contribution in [0.3, 0.4) is 0 Å². The number of hydrogen-bond donors (Lipinski definition) is 1. The molecule has 1 aromatic heterocycles. The van der Waals surface area contributed by atoms with Crippen LogP contribution in [0, 0.1) is 12.7 Å². The van der Waals surface area contributed by atoms with Crippen LogP contribution in [0.2, 0.25) is 0 Å². The summed E-state index contributed by atoms with van der Waals surface area (Å²) in [6.45, 7) is 1.67. The first-order valence-electron chi connectivity index (χ1n) is 5.62. The number of hydrogen-bond acceptors (Lipinski definition) is 4. The van der Waals surface area contributed by atoms with E-state index in [0.717, 1.165) is 6.07 Å². The number of benzene rings is 1. The van der Waals surface area contributed by atoms with Crippen LogP contribution in [0.15, 0.2) is 39.8 Å². The van der Waals surface area contributed by atoms with Crippen molar-refractivity contribution in [1.82, 2.24) is 14.7 Å². The smallest absolute Gasteiger partial charge is 0.242 e. The van der Waals surface area contributed by atoms with Crippen molar-refractivity contribution in [2.24, 2.45) is 0 Å². The highest BCUT2D eigenvalue weighted by molar-refractivity contribution is 9.10. The van der Waals surface area contributed by atoms with Crippen molar-refractivity contribution in [2.75, 3.05) is 0 Å². The molecule has 8 heteroatoms. The highest BCUT2D eigenvalue weighted by atomic mass is 79.9. The highest BCUT2D eigenvalue weighted by Crippen LogP contribution is 2.19. The molecule has 106 valence electrons. The van der Waals surface area contributed by atoms with Crippen LogP contribution < -0.4 is 4.72 Å². The van der Waals surface area contributed by atoms with Crippen LogP contribution in [-0.2, 0) is 16.6 Å². The van der Waals surface area contributed by atoms with Crippen molar-refractivity contribution in [3.05, 3.63) is 52.3 Å². The predicted molar refractivity (Wildman–Crippen MR) is 74.9 cm³/mol. The summed E-state index contributed by atoms with van der Waals surface area (Å²) < 4.78 is 40.5. The maximum Gasteiger partial charge on any atom is 0.243 e. The maximum atomic E-state index is 13.7. The molecule has 0 fully saturated rings. The van der Waals surface area contributed by atoms with Gasteiger partial charge in [0.25, 0.3) is 0 Å². The molecule has 1 heterocycles. The second kappa shape index (κ2) is 5.94. The lowest BCUT2D eigenvalue weighted by atomic mass is 10.3. The van der Waals surface area contributed by atoms with Gasteiger partial charge in [0.2, 0.25) is 10.0 Å². The number of aromatic nitrogens is 2. The Kier molecular flexibility index (Phi) is 4.46. The third-order valence-electron chi connectivity index (χ3n) is 2.46. The summed E-state index contributed by atoms with van der Waals surface area (Å²) in [7, 11) is -3.92. The van der Waals surface area contributed by atoms with Crippen LogP contribution in [0.4, 0.5) is 4.39 Å². The molecule has 20 heavy (non-hydrogen) atoms. The number of nitrogens with zero attached hydrogens (tertiary/aromatic N) is 2. The molecule has 0 amide bonds. The monoisotopic (exact) mass is 359 g/mol. The Morgan fingerprint density at radius 3 is 2.75 bits per heavy atom. The van der Waals surface area contributed by atoms with Gasteiger partial charge < -0.3 is 0 Å². The minimum absolute atomic E-state index is 0.0266. The molecule has 0 saturated heterocycles. The van der Waals surface area contributed by atoms with Crippen molar-refractivity contribution in [3.8, 4) is 0 Å². The van der Waals surface area contributed by atoms with Crippen molar-refractivity contribution in [2.45, 2.75) is 18.4 Å². The summed E-state index contributed by atoms with van der Waals surface area (Å²) in [5.74, 6) is -0.276. The first-order chi connectivity index (χ1) is 9.38. The second-order valence-electron chi connectivity index (χ2n) is 3.99. The molecule has 5 nitrogen and oxygen atoms in total. The number of rotatable bonds is 4. The SMILES string of the molecule is Cc1nccc(CNS(=O)(=O)c2ccc(Br)cc2F)n1. The molecular formula is C12H11BrFN3O2S. The Balaban J connectivity index is 2.19. The second-order valence-corrected chi connectivity index (χ2v) is 6.65. The number of nitrogens with one attached hydrogen (secondary N) is 1. The lowest BCUT2D eigenvalue weighted by Crippen LogP contribution is -2.24. The Labute approximate surface area is 124 Å². The summed E-state index contributed by atoms with van der Waals surface area (Å²) in [5.41, 5.74) is 0.513. The topological polar surface area (TPSA) is 72.0 Å². The molecule has 2 rings (SSSR count). The Morgan fingerprint density at radius 2 is 2.10 bits per heavy atom. The van der Waals surface area contributed by atoms with Gasteiger partial charge in [0.15, 0.2) is 0 Å². The first-order valence-corrected chi connectivity index (χ1v) is 7.89. The van der Waals surface area contributed by atoms with Gasteiger partial charge in [0, 0.05) is 10.7 Å². The average Bonchev–Trinajstić information content (AvgIpc) is 2.36. The van der Waals surface area contributed by atoms with Gasteiger partial charge in [0.05, 0.1) is 12.2 Å². The van der Waals surface area contributed by atoms with Crippen molar-refractivity contribution < 1.29 is 12.8 Å². The van der Waals surface area contributed by atoms with E-state index in [1.165, 1.54) is 18.3 Å². The zero-order valence-electron chi connectivity index (χ0n) is 10.5.